The van der Waals surface area contributed by atoms with Gasteiger partial charge in [-0.25, -0.2) is 8.42 Å². The molecule has 0 radical (unpaired) electrons. The Morgan fingerprint density at radius 2 is 2.20 bits per heavy atom. The van der Waals surface area contributed by atoms with Crippen LogP contribution in [0.2, 0.25) is 0 Å². The molecule has 7 heteroatoms. The molecule has 0 N–H and O–H groups in total. The fraction of sp³-hybridized carbons (Fsp3) is 0.692. The Balaban J connectivity index is 2.24. The van der Waals surface area contributed by atoms with Crippen LogP contribution in [0, 0.1) is 5.92 Å². The minimum absolute atomic E-state index is 0.0247. The average molecular weight is 338 g/mol. The molecule has 1 heterocycles. The van der Waals surface area contributed by atoms with Crippen LogP contribution in [0.1, 0.15) is 24.6 Å². The number of hydrogen-bond acceptors (Lipinski definition) is 4. The fourth-order valence-corrected chi connectivity index (χ4v) is 5.49. The van der Waals surface area contributed by atoms with Crippen LogP contribution in [-0.4, -0.2) is 39.0 Å². The van der Waals surface area contributed by atoms with Crippen LogP contribution in [0.25, 0.3) is 0 Å². The smallest absolute Gasteiger partial charge is 0.252 e. The third kappa shape index (κ3) is 3.54. The summed E-state index contributed by atoms with van der Waals surface area (Å²) in [6, 6.07) is 3.45. The summed E-state index contributed by atoms with van der Waals surface area (Å²) in [6.07, 6.45) is 2.22. The predicted octanol–water partition coefficient (Wildman–Crippen LogP) is 2.92. The second kappa shape index (κ2) is 6.75. The lowest BCUT2D eigenvalue weighted by Gasteiger charge is -2.27. The Hall–Kier alpha value is -0.140. The normalized spacial score (nSPS) is 17.6. The molecule has 0 bridgehead atoms. The first-order valence-corrected chi connectivity index (χ1v) is 9.45. The van der Waals surface area contributed by atoms with Crippen molar-refractivity contribution in [3.63, 3.8) is 0 Å². The third-order valence-corrected chi connectivity index (χ3v) is 7.59. The van der Waals surface area contributed by atoms with E-state index in [1.807, 2.05) is 6.92 Å². The van der Waals surface area contributed by atoms with Gasteiger partial charge in [-0.3, -0.25) is 0 Å². The standard InChI is InChI=1S/C13H20ClNO3S2/c1-10(11-3-4-11)15(7-8-18-2)20(16,17)13-6-5-12(9-14)19-13/h5-6,10-11H,3-4,7-9H2,1-2H3. The van der Waals surface area contributed by atoms with Crippen molar-refractivity contribution >= 4 is 33.0 Å². The van der Waals surface area contributed by atoms with E-state index in [1.165, 1.54) is 11.3 Å². The number of rotatable bonds is 8. The van der Waals surface area contributed by atoms with Crippen LogP contribution >= 0.6 is 22.9 Å². The first kappa shape index (κ1) is 16.2. The summed E-state index contributed by atoms with van der Waals surface area (Å²) in [5.41, 5.74) is 0. The van der Waals surface area contributed by atoms with Gasteiger partial charge in [0.15, 0.2) is 0 Å². The molecular weight excluding hydrogens is 318 g/mol. The second-order valence-electron chi connectivity index (χ2n) is 5.04. The molecule has 1 aliphatic rings. The van der Waals surface area contributed by atoms with E-state index in [0.29, 0.717) is 29.2 Å². The highest BCUT2D eigenvalue weighted by atomic mass is 35.5. The molecule has 1 aromatic heterocycles. The van der Waals surface area contributed by atoms with Gasteiger partial charge < -0.3 is 4.74 Å². The van der Waals surface area contributed by atoms with Gasteiger partial charge in [0, 0.05) is 24.6 Å². The molecule has 20 heavy (non-hydrogen) atoms. The fourth-order valence-electron chi connectivity index (χ4n) is 2.22. The van der Waals surface area contributed by atoms with Crippen LogP contribution in [0.5, 0.6) is 0 Å². The van der Waals surface area contributed by atoms with E-state index in [0.717, 1.165) is 17.7 Å². The second-order valence-corrected chi connectivity index (χ2v) is 8.59. The quantitative estimate of drug-likeness (QED) is 0.685. The molecule has 0 saturated heterocycles. The Morgan fingerprint density at radius 3 is 2.70 bits per heavy atom. The van der Waals surface area contributed by atoms with Gasteiger partial charge in [-0.15, -0.1) is 22.9 Å². The Bertz CT molecular complexity index is 540. The number of sulfonamides is 1. The maximum absolute atomic E-state index is 12.8. The van der Waals surface area contributed by atoms with E-state index in [-0.39, 0.29) is 6.04 Å². The Labute approximate surface area is 129 Å². The van der Waals surface area contributed by atoms with E-state index >= 15 is 0 Å². The van der Waals surface area contributed by atoms with Crippen molar-refractivity contribution in [3.8, 4) is 0 Å². The van der Waals surface area contributed by atoms with E-state index in [9.17, 15) is 8.42 Å². The first-order chi connectivity index (χ1) is 9.50. The molecule has 0 spiro atoms. The summed E-state index contributed by atoms with van der Waals surface area (Å²) in [5, 5.41) is 0. The summed E-state index contributed by atoms with van der Waals surface area (Å²) in [6.45, 7) is 2.79. The largest absolute Gasteiger partial charge is 0.383 e. The summed E-state index contributed by atoms with van der Waals surface area (Å²) in [5.74, 6) is 0.824. The van der Waals surface area contributed by atoms with Crippen LogP contribution in [0.15, 0.2) is 16.3 Å². The Morgan fingerprint density at radius 1 is 1.50 bits per heavy atom. The maximum Gasteiger partial charge on any atom is 0.252 e. The topological polar surface area (TPSA) is 46.6 Å². The van der Waals surface area contributed by atoms with E-state index in [1.54, 1.807) is 23.5 Å². The zero-order valence-corrected chi connectivity index (χ0v) is 14.1. The molecule has 1 aromatic rings. The lowest BCUT2D eigenvalue weighted by atomic mass is 10.2. The zero-order valence-electron chi connectivity index (χ0n) is 11.7. The van der Waals surface area contributed by atoms with Gasteiger partial charge in [0.1, 0.15) is 4.21 Å². The van der Waals surface area contributed by atoms with E-state index in [4.69, 9.17) is 16.3 Å². The van der Waals surface area contributed by atoms with Crippen molar-refractivity contribution in [3.05, 3.63) is 17.0 Å². The van der Waals surface area contributed by atoms with Crippen LogP contribution in [0.4, 0.5) is 0 Å². The molecule has 1 fully saturated rings. The molecule has 0 amide bonds. The van der Waals surface area contributed by atoms with Gasteiger partial charge in [-0.05, 0) is 37.8 Å². The van der Waals surface area contributed by atoms with Crippen LogP contribution in [0.3, 0.4) is 0 Å². The highest BCUT2D eigenvalue weighted by molar-refractivity contribution is 7.91. The molecule has 1 saturated carbocycles. The van der Waals surface area contributed by atoms with Gasteiger partial charge in [0.25, 0.3) is 10.0 Å². The minimum atomic E-state index is -3.45. The van der Waals surface area contributed by atoms with Crippen molar-refractivity contribution in [2.45, 2.75) is 35.9 Å². The Kier molecular flexibility index (Phi) is 5.48. The molecular formula is C13H20ClNO3S2. The number of nitrogens with zero attached hydrogens (tertiary/aromatic N) is 1. The van der Waals surface area contributed by atoms with Gasteiger partial charge in [0.05, 0.1) is 12.5 Å². The zero-order chi connectivity index (χ0) is 14.8. The SMILES string of the molecule is COCCN(C(C)C1CC1)S(=O)(=O)c1ccc(CCl)s1. The van der Waals surface area contributed by atoms with Crippen LogP contribution < -0.4 is 0 Å². The molecule has 0 aromatic carbocycles. The summed E-state index contributed by atoms with van der Waals surface area (Å²) in [4.78, 5) is 0.871. The van der Waals surface area contributed by atoms with Crippen molar-refractivity contribution in [1.82, 2.24) is 4.31 Å². The molecule has 114 valence electrons. The molecule has 1 atom stereocenters. The number of methoxy groups -OCH3 is 1. The number of ether oxygens (including phenoxy) is 1. The number of thiophene rings is 1. The lowest BCUT2D eigenvalue weighted by Crippen LogP contribution is -2.41. The third-order valence-electron chi connectivity index (χ3n) is 3.61. The molecule has 1 aliphatic carbocycles. The highest BCUT2D eigenvalue weighted by Gasteiger charge is 2.38. The van der Waals surface area contributed by atoms with Gasteiger partial charge in [-0.1, -0.05) is 0 Å². The number of alkyl halides is 1. The van der Waals surface area contributed by atoms with E-state index < -0.39 is 10.0 Å². The monoisotopic (exact) mass is 337 g/mol. The van der Waals surface area contributed by atoms with Crippen LogP contribution in [-0.2, 0) is 20.6 Å². The van der Waals surface area contributed by atoms with Gasteiger partial charge >= 0.3 is 0 Å². The highest BCUT2D eigenvalue weighted by Crippen LogP contribution is 2.38. The van der Waals surface area contributed by atoms with Crippen molar-refractivity contribution in [2.24, 2.45) is 5.92 Å². The van der Waals surface area contributed by atoms with E-state index in [2.05, 4.69) is 0 Å². The molecule has 1 unspecified atom stereocenters. The summed E-state index contributed by atoms with van der Waals surface area (Å²) >= 11 is 7.01. The van der Waals surface area contributed by atoms with Gasteiger partial charge in [0.2, 0.25) is 0 Å². The predicted molar refractivity (Wildman–Crippen MR) is 81.8 cm³/mol. The van der Waals surface area contributed by atoms with Gasteiger partial charge in [-0.2, -0.15) is 4.31 Å². The van der Waals surface area contributed by atoms with Crippen molar-refractivity contribution in [2.75, 3.05) is 20.3 Å². The molecule has 2 rings (SSSR count). The minimum Gasteiger partial charge on any atom is -0.383 e. The average Bonchev–Trinajstić information content (AvgIpc) is 3.15. The summed E-state index contributed by atoms with van der Waals surface area (Å²) < 4.78 is 32.6. The summed E-state index contributed by atoms with van der Waals surface area (Å²) in [7, 11) is -1.87. The number of halogens is 1. The first-order valence-electron chi connectivity index (χ1n) is 6.66. The van der Waals surface area contributed by atoms with Crippen molar-refractivity contribution < 1.29 is 13.2 Å². The number of hydrogen-bond donors (Lipinski definition) is 0. The maximum atomic E-state index is 12.8. The molecule has 0 aliphatic heterocycles. The lowest BCUT2D eigenvalue weighted by molar-refractivity contribution is 0.164. The molecule has 4 nitrogen and oxygen atoms in total. The van der Waals surface area contributed by atoms with Crippen molar-refractivity contribution in [1.29, 1.82) is 0 Å².